The highest BCUT2D eigenvalue weighted by atomic mass is 32.2. The highest BCUT2D eigenvalue weighted by Gasteiger charge is 2.33. The number of carbonyl (C=O) groups excluding carboxylic acids is 1. The zero-order chi connectivity index (χ0) is 31.0. The van der Waals surface area contributed by atoms with Gasteiger partial charge >= 0.3 is 0 Å². The Morgan fingerprint density at radius 3 is 2.61 bits per heavy atom. The summed E-state index contributed by atoms with van der Waals surface area (Å²) < 4.78 is 48.8. The van der Waals surface area contributed by atoms with Gasteiger partial charge in [0.05, 0.1) is 36.0 Å². The number of pyridine rings is 2. The molecule has 0 aliphatic carbocycles. The van der Waals surface area contributed by atoms with Gasteiger partial charge in [-0.3, -0.25) is 13.9 Å². The molecule has 44 heavy (non-hydrogen) atoms. The van der Waals surface area contributed by atoms with Crippen molar-refractivity contribution in [2.24, 2.45) is 7.05 Å². The Morgan fingerprint density at radius 1 is 1.09 bits per heavy atom. The number of aliphatic hydroxyl groups is 1. The Morgan fingerprint density at radius 2 is 1.89 bits per heavy atom. The van der Waals surface area contributed by atoms with Gasteiger partial charge in [0.15, 0.2) is 0 Å². The Kier molecular flexibility index (Phi) is 7.93. The summed E-state index contributed by atoms with van der Waals surface area (Å²) in [7, 11) is -2.43. The number of hydrogen-bond acceptors (Lipinski definition) is 8. The summed E-state index contributed by atoms with van der Waals surface area (Å²) in [5.41, 5.74) is 2.42. The Balaban J connectivity index is 1.32. The lowest BCUT2D eigenvalue weighted by molar-refractivity contribution is 0.0302. The van der Waals surface area contributed by atoms with Gasteiger partial charge in [-0.25, -0.2) is 17.8 Å². The number of benzene rings is 2. The minimum atomic E-state index is -4.02. The van der Waals surface area contributed by atoms with Crippen molar-refractivity contribution in [3.63, 3.8) is 0 Å². The average Bonchev–Trinajstić information content (AvgIpc) is 3.03. The van der Waals surface area contributed by atoms with E-state index in [1.165, 1.54) is 27.2 Å². The van der Waals surface area contributed by atoms with Crippen LogP contribution in [0.5, 0.6) is 0 Å². The van der Waals surface area contributed by atoms with Crippen LogP contribution in [0.2, 0.25) is 0 Å². The van der Waals surface area contributed by atoms with E-state index < -0.39 is 22.4 Å². The molecule has 2 aliphatic heterocycles. The number of nitrogens with one attached hydrogen (secondary N) is 1. The molecular formula is C31H30FN5O6S. The molecule has 13 heteroatoms. The lowest BCUT2D eigenvalue weighted by atomic mass is 9.99. The molecule has 11 nitrogen and oxygen atoms in total. The molecular weight excluding hydrogens is 589 g/mol. The minimum absolute atomic E-state index is 0.0261. The monoisotopic (exact) mass is 619 g/mol. The molecule has 1 saturated heterocycles. The van der Waals surface area contributed by atoms with Gasteiger partial charge in [-0.1, -0.05) is 12.1 Å². The van der Waals surface area contributed by atoms with Crippen LogP contribution in [0.25, 0.3) is 11.1 Å². The van der Waals surface area contributed by atoms with E-state index in [1.54, 1.807) is 54.5 Å². The van der Waals surface area contributed by atoms with Gasteiger partial charge in [-0.15, -0.1) is 0 Å². The van der Waals surface area contributed by atoms with Crippen molar-refractivity contribution >= 4 is 33.1 Å². The lowest BCUT2D eigenvalue weighted by Crippen LogP contribution is -2.40. The van der Waals surface area contributed by atoms with Crippen molar-refractivity contribution in [2.45, 2.75) is 17.9 Å². The van der Waals surface area contributed by atoms with Crippen LogP contribution in [0, 0.1) is 5.82 Å². The van der Waals surface area contributed by atoms with Gasteiger partial charge in [0, 0.05) is 50.2 Å². The van der Waals surface area contributed by atoms with Crippen LogP contribution in [0.3, 0.4) is 0 Å². The standard InChI is InChI=1S/C31H30FN5O6S/c1-35-18-22(16-26(31(35)40)34-29-8-5-21(17-33-29)30(39)36-11-13-43-14-12-36)24-3-2-4-27(25(24)19-38)37-10-9-20-15-23(32)6-7-28(20)44(37,41)42/h2-8,15-18,38H,9-14,19H2,1H3,(H,33,34). The molecule has 2 aliphatic rings. The number of aromatic nitrogens is 2. The summed E-state index contributed by atoms with van der Waals surface area (Å²) in [6.45, 7) is 1.60. The number of ether oxygens (including phenoxy) is 1. The van der Waals surface area contributed by atoms with Crippen LogP contribution >= 0.6 is 0 Å². The van der Waals surface area contributed by atoms with Gasteiger partial charge in [-0.2, -0.15) is 0 Å². The largest absolute Gasteiger partial charge is 0.392 e. The highest BCUT2D eigenvalue weighted by Crippen LogP contribution is 2.37. The number of fused-ring (bicyclic) bond motifs is 1. The smallest absolute Gasteiger partial charge is 0.274 e. The Hall–Kier alpha value is -4.59. The molecule has 0 radical (unpaired) electrons. The van der Waals surface area contributed by atoms with Crippen LogP contribution in [-0.4, -0.2) is 66.7 Å². The molecule has 0 spiro atoms. The number of morpholine rings is 1. The molecule has 1 fully saturated rings. The molecule has 0 bridgehead atoms. The summed E-state index contributed by atoms with van der Waals surface area (Å²) in [5.74, 6) is -0.298. The van der Waals surface area contributed by atoms with E-state index in [1.807, 2.05) is 0 Å². The predicted molar refractivity (Wildman–Crippen MR) is 162 cm³/mol. The fourth-order valence-corrected chi connectivity index (χ4v) is 7.31. The van der Waals surface area contributed by atoms with E-state index in [0.717, 1.165) is 6.07 Å². The van der Waals surface area contributed by atoms with Crippen LogP contribution in [0.1, 0.15) is 21.5 Å². The minimum Gasteiger partial charge on any atom is -0.392 e. The Labute approximate surface area is 253 Å². The predicted octanol–water partition coefficient (Wildman–Crippen LogP) is 3.05. The van der Waals surface area contributed by atoms with Gasteiger partial charge < -0.3 is 24.6 Å². The number of hydrogen-bond donors (Lipinski definition) is 2. The molecule has 1 amide bonds. The van der Waals surface area contributed by atoms with Gasteiger partial charge in [-0.05, 0) is 60.0 Å². The number of aryl methyl sites for hydroxylation is 1. The molecule has 2 aromatic carbocycles. The van der Waals surface area contributed by atoms with E-state index in [9.17, 15) is 27.5 Å². The zero-order valence-corrected chi connectivity index (χ0v) is 24.7. The number of amides is 1. The zero-order valence-electron chi connectivity index (χ0n) is 23.9. The van der Waals surface area contributed by atoms with Crippen LogP contribution in [0.15, 0.2) is 76.7 Å². The van der Waals surface area contributed by atoms with Gasteiger partial charge in [0.2, 0.25) is 0 Å². The normalized spacial score (nSPS) is 16.0. The second-order valence-corrected chi connectivity index (χ2v) is 12.4. The molecule has 4 aromatic rings. The van der Waals surface area contributed by atoms with Crippen molar-refractivity contribution in [3.05, 3.63) is 99.9 Å². The first-order chi connectivity index (χ1) is 21.2. The second-order valence-electron chi connectivity index (χ2n) is 10.6. The number of nitrogens with zero attached hydrogens (tertiary/aromatic N) is 4. The summed E-state index contributed by atoms with van der Waals surface area (Å²) in [6, 6.07) is 13.5. The Bertz CT molecular complexity index is 1910. The summed E-state index contributed by atoms with van der Waals surface area (Å²) >= 11 is 0. The topological polar surface area (TPSA) is 134 Å². The fraction of sp³-hybridized carbons (Fsp3) is 0.258. The molecule has 0 unspecified atom stereocenters. The molecule has 0 atom stereocenters. The molecule has 2 aromatic heterocycles. The van der Waals surface area contributed by atoms with Crippen molar-refractivity contribution in [1.82, 2.24) is 14.5 Å². The van der Waals surface area contributed by atoms with E-state index in [4.69, 9.17) is 4.74 Å². The number of halogens is 1. The number of anilines is 3. The second kappa shape index (κ2) is 11.8. The molecule has 0 saturated carbocycles. The first-order valence-electron chi connectivity index (χ1n) is 14.0. The van der Waals surface area contributed by atoms with E-state index >= 15 is 0 Å². The summed E-state index contributed by atoms with van der Waals surface area (Å²) in [6.07, 6.45) is 3.36. The molecule has 228 valence electrons. The van der Waals surface area contributed by atoms with Crippen molar-refractivity contribution in [2.75, 3.05) is 42.5 Å². The molecule has 4 heterocycles. The summed E-state index contributed by atoms with van der Waals surface area (Å²) in [4.78, 5) is 31.9. The first-order valence-corrected chi connectivity index (χ1v) is 15.5. The lowest BCUT2D eigenvalue weighted by Gasteiger charge is -2.32. The highest BCUT2D eigenvalue weighted by molar-refractivity contribution is 7.93. The molecule has 6 rings (SSSR count). The first kappa shape index (κ1) is 29.5. The van der Waals surface area contributed by atoms with E-state index in [-0.39, 0.29) is 28.6 Å². The average molecular weight is 620 g/mol. The van der Waals surface area contributed by atoms with Crippen molar-refractivity contribution in [3.8, 4) is 11.1 Å². The quantitative estimate of drug-likeness (QED) is 0.337. The maximum absolute atomic E-state index is 13.8. The fourth-order valence-electron chi connectivity index (χ4n) is 5.58. The van der Waals surface area contributed by atoms with Gasteiger partial charge in [0.25, 0.3) is 21.5 Å². The SMILES string of the molecule is Cn1cc(-c2cccc(N3CCc4cc(F)ccc4S3(=O)=O)c2CO)cc(Nc2ccc(C(=O)N3CCOCC3)cn2)c1=O. The van der Waals surface area contributed by atoms with E-state index in [0.29, 0.717) is 72.0 Å². The third kappa shape index (κ3) is 5.45. The van der Waals surface area contributed by atoms with Crippen molar-refractivity contribution < 1.29 is 27.4 Å². The molecule has 2 N–H and O–H groups in total. The number of rotatable bonds is 6. The maximum Gasteiger partial charge on any atom is 0.274 e. The number of carbonyl (C=O) groups is 1. The van der Waals surface area contributed by atoms with Crippen LogP contribution < -0.4 is 15.2 Å². The van der Waals surface area contributed by atoms with E-state index in [2.05, 4.69) is 10.3 Å². The number of sulfonamides is 1. The van der Waals surface area contributed by atoms with Crippen molar-refractivity contribution in [1.29, 1.82) is 0 Å². The summed E-state index contributed by atoms with van der Waals surface area (Å²) in [5, 5.41) is 13.5. The van der Waals surface area contributed by atoms with Crippen LogP contribution in [-0.2, 0) is 34.8 Å². The van der Waals surface area contributed by atoms with Crippen LogP contribution in [0.4, 0.5) is 21.6 Å². The number of aliphatic hydroxyl groups excluding tert-OH is 1. The third-order valence-electron chi connectivity index (χ3n) is 7.82. The third-order valence-corrected chi connectivity index (χ3v) is 9.73. The van der Waals surface area contributed by atoms with Gasteiger partial charge in [0.1, 0.15) is 17.3 Å². The maximum atomic E-state index is 13.8.